The standard InChI is InChI=1S/C13H22N2O3/c1-13(2,3)10(14)11(16)15-7-4-5-9(15)8(6-7)12(17)18/h7-10H,4-6,14H2,1-3H3,(H,17,18)/t7?,8?,9?,10-/m1/s1. The molecule has 2 aliphatic rings. The molecule has 0 aromatic heterocycles. The second-order valence-electron chi connectivity index (χ2n) is 6.57. The minimum atomic E-state index is -0.788. The number of carbonyl (C=O) groups excluding carboxylic acids is 1. The van der Waals surface area contributed by atoms with Crippen molar-refractivity contribution in [3.8, 4) is 0 Å². The van der Waals surface area contributed by atoms with Crippen LogP contribution in [0.25, 0.3) is 0 Å². The van der Waals surface area contributed by atoms with Gasteiger partial charge in [0.15, 0.2) is 0 Å². The summed E-state index contributed by atoms with van der Waals surface area (Å²) in [6, 6.07) is -0.626. The van der Waals surface area contributed by atoms with Crippen LogP contribution in [0.2, 0.25) is 0 Å². The van der Waals surface area contributed by atoms with Gasteiger partial charge in [-0.1, -0.05) is 20.8 Å². The number of nitrogens with two attached hydrogens (primary N) is 1. The number of carboxylic acid groups (broad SMARTS) is 1. The first kappa shape index (κ1) is 13.3. The Labute approximate surface area is 107 Å². The number of amides is 1. The predicted octanol–water partition coefficient (Wildman–Crippen LogP) is 0.824. The summed E-state index contributed by atoms with van der Waals surface area (Å²) in [5, 5.41) is 9.16. The SMILES string of the molecule is CC(C)(C)[C@H](N)C(=O)N1C2CCC1C(C(=O)O)C2. The number of nitrogens with zero attached hydrogens (tertiary/aromatic N) is 1. The van der Waals surface area contributed by atoms with Gasteiger partial charge in [-0.3, -0.25) is 9.59 Å². The molecule has 18 heavy (non-hydrogen) atoms. The molecular formula is C13H22N2O3. The van der Waals surface area contributed by atoms with Crippen molar-refractivity contribution < 1.29 is 14.7 Å². The van der Waals surface area contributed by atoms with Gasteiger partial charge in [-0.05, 0) is 24.7 Å². The quantitative estimate of drug-likeness (QED) is 0.764. The van der Waals surface area contributed by atoms with E-state index in [0.29, 0.717) is 6.42 Å². The minimum absolute atomic E-state index is 0.0806. The summed E-state index contributed by atoms with van der Waals surface area (Å²) in [6.07, 6.45) is 2.30. The Morgan fingerprint density at radius 1 is 1.33 bits per heavy atom. The topological polar surface area (TPSA) is 83.6 Å². The van der Waals surface area contributed by atoms with Crippen LogP contribution in [0.4, 0.5) is 0 Å². The highest BCUT2D eigenvalue weighted by Gasteiger charge is 2.52. The molecule has 0 spiro atoms. The molecule has 2 saturated heterocycles. The largest absolute Gasteiger partial charge is 0.481 e. The van der Waals surface area contributed by atoms with E-state index in [2.05, 4.69) is 0 Å². The number of carbonyl (C=O) groups is 2. The maximum atomic E-state index is 12.4. The normalized spacial score (nSPS) is 32.7. The van der Waals surface area contributed by atoms with Crippen LogP contribution in [0.15, 0.2) is 0 Å². The first-order chi connectivity index (χ1) is 8.23. The summed E-state index contributed by atoms with van der Waals surface area (Å²) in [6.45, 7) is 5.80. The van der Waals surface area contributed by atoms with E-state index in [1.165, 1.54) is 0 Å². The maximum absolute atomic E-state index is 12.4. The molecule has 3 unspecified atom stereocenters. The van der Waals surface area contributed by atoms with Gasteiger partial charge >= 0.3 is 5.97 Å². The lowest BCUT2D eigenvalue weighted by molar-refractivity contribution is -0.143. The molecule has 3 N–H and O–H groups in total. The third-order valence-corrected chi connectivity index (χ3v) is 4.31. The third-order valence-electron chi connectivity index (χ3n) is 4.31. The molecule has 0 aromatic rings. The van der Waals surface area contributed by atoms with Crippen LogP contribution in [0, 0.1) is 11.3 Å². The zero-order chi connectivity index (χ0) is 13.7. The Kier molecular flexibility index (Phi) is 3.13. The van der Waals surface area contributed by atoms with Crippen LogP contribution >= 0.6 is 0 Å². The van der Waals surface area contributed by atoms with Gasteiger partial charge in [-0.15, -0.1) is 0 Å². The van der Waals surface area contributed by atoms with Crippen LogP contribution in [-0.2, 0) is 9.59 Å². The highest BCUT2D eigenvalue weighted by Crippen LogP contribution is 2.42. The van der Waals surface area contributed by atoms with Crippen molar-refractivity contribution >= 4 is 11.9 Å². The summed E-state index contributed by atoms with van der Waals surface area (Å²) < 4.78 is 0. The average molecular weight is 254 g/mol. The molecule has 1 amide bonds. The zero-order valence-electron chi connectivity index (χ0n) is 11.2. The molecule has 5 nitrogen and oxygen atoms in total. The number of hydrogen-bond acceptors (Lipinski definition) is 3. The van der Waals surface area contributed by atoms with E-state index in [1.807, 2.05) is 20.8 Å². The highest BCUT2D eigenvalue weighted by atomic mass is 16.4. The van der Waals surface area contributed by atoms with Gasteiger partial charge in [0.1, 0.15) is 0 Å². The lowest BCUT2D eigenvalue weighted by Gasteiger charge is -2.32. The Bertz CT molecular complexity index is 375. The fourth-order valence-electron chi connectivity index (χ4n) is 3.13. The van der Waals surface area contributed by atoms with Crippen LogP contribution < -0.4 is 5.73 Å². The van der Waals surface area contributed by atoms with Crippen molar-refractivity contribution in [1.29, 1.82) is 0 Å². The molecule has 0 radical (unpaired) electrons. The number of carboxylic acids is 1. The van der Waals surface area contributed by atoms with Crippen LogP contribution in [-0.4, -0.2) is 40.0 Å². The first-order valence-corrected chi connectivity index (χ1v) is 6.54. The van der Waals surface area contributed by atoms with E-state index in [9.17, 15) is 9.59 Å². The lowest BCUT2D eigenvalue weighted by Crippen LogP contribution is -2.52. The number of rotatable bonds is 2. The van der Waals surface area contributed by atoms with Crippen molar-refractivity contribution in [3.05, 3.63) is 0 Å². The molecule has 2 bridgehead atoms. The van der Waals surface area contributed by atoms with E-state index in [-0.39, 0.29) is 23.4 Å². The second kappa shape index (κ2) is 4.23. The van der Waals surface area contributed by atoms with Crippen molar-refractivity contribution in [2.75, 3.05) is 0 Å². The molecule has 0 aliphatic carbocycles. The van der Waals surface area contributed by atoms with Gasteiger partial charge in [0, 0.05) is 12.1 Å². The van der Waals surface area contributed by atoms with E-state index >= 15 is 0 Å². The maximum Gasteiger partial charge on any atom is 0.308 e. The smallest absolute Gasteiger partial charge is 0.308 e. The molecular weight excluding hydrogens is 232 g/mol. The van der Waals surface area contributed by atoms with Crippen molar-refractivity contribution in [2.24, 2.45) is 17.1 Å². The summed E-state index contributed by atoms with van der Waals surface area (Å²) >= 11 is 0. The van der Waals surface area contributed by atoms with Crippen molar-refractivity contribution in [3.63, 3.8) is 0 Å². The lowest BCUT2D eigenvalue weighted by atomic mass is 9.86. The fourth-order valence-corrected chi connectivity index (χ4v) is 3.13. The van der Waals surface area contributed by atoms with Crippen LogP contribution in [0.1, 0.15) is 40.0 Å². The summed E-state index contributed by atoms with van der Waals surface area (Å²) in [7, 11) is 0. The van der Waals surface area contributed by atoms with Crippen molar-refractivity contribution in [1.82, 2.24) is 4.90 Å². The molecule has 102 valence electrons. The zero-order valence-corrected chi connectivity index (χ0v) is 11.2. The van der Waals surface area contributed by atoms with E-state index in [4.69, 9.17) is 10.8 Å². The van der Waals surface area contributed by atoms with E-state index < -0.39 is 17.9 Å². The van der Waals surface area contributed by atoms with E-state index in [1.54, 1.807) is 4.90 Å². The van der Waals surface area contributed by atoms with Crippen LogP contribution in [0.3, 0.4) is 0 Å². The Balaban J connectivity index is 2.16. The number of fused-ring (bicyclic) bond motifs is 2. The van der Waals surface area contributed by atoms with Gasteiger partial charge in [0.2, 0.25) is 5.91 Å². The molecule has 2 aliphatic heterocycles. The summed E-state index contributed by atoms with van der Waals surface area (Å²) in [5.74, 6) is -1.28. The van der Waals surface area contributed by atoms with Gasteiger partial charge < -0.3 is 15.7 Å². The highest BCUT2D eigenvalue weighted by molar-refractivity contribution is 5.85. The first-order valence-electron chi connectivity index (χ1n) is 6.54. The molecule has 0 aromatic carbocycles. The molecule has 2 rings (SSSR count). The summed E-state index contributed by atoms with van der Waals surface area (Å²) in [5.41, 5.74) is 5.72. The van der Waals surface area contributed by atoms with Crippen molar-refractivity contribution in [2.45, 2.75) is 58.2 Å². The third kappa shape index (κ3) is 2.00. The monoisotopic (exact) mass is 254 g/mol. The molecule has 2 fully saturated rings. The van der Waals surface area contributed by atoms with Gasteiger partial charge in [-0.2, -0.15) is 0 Å². The average Bonchev–Trinajstić information content (AvgIpc) is 2.82. The second-order valence-corrected chi connectivity index (χ2v) is 6.57. The molecule has 4 atom stereocenters. The molecule has 5 heteroatoms. The molecule has 0 saturated carbocycles. The van der Waals surface area contributed by atoms with Gasteiger partial charge in [0.05, 0.1) is 12.0 Å². The minimum Gasteiger partial charge on any atom is -0.481 e. The van der Waals surface area contributed by atoms with Gasteiger partial charge in [-0.25, -0.2) is 0 Å². The fraction of sp³-hybridized carbons (Fsp3) is 0.846. The Hall–Kier alpha value is -1.10. The summed E-state index contributed by atoms with van der Waals surface area (Å²) in [4.78, 5) is 25.3. The Morgan fingerprint density at radius 3 is 2.39 bits per heavy atom. The molecule has 2 heterocycles. The van der Waals surface area contributed by atoms with E-state index in [0.717, 1.165) is 12.8 Å². The Morgan fingerprint density at radius 2 is 1.94 bits per heavy atom. The van der Waals surface area contributed by atoms with Gasteiger partial charge in [0.25, 0.3) is 0 Å². The predicted molar refractivity (Wildman–Crippen MR) is 66.8 cm³/mol. The number of aliphatic carboxylic acids is 1. The van der Waals surface area contributed by atoms with Crippen LogP contribution in [0.5, 0.6) is 0 Å². The number of hydrogen-bond donors (Lipinski definition) is 2.